The van der Waals surface area contributed by atoms with Crippen molar-refractivity contribution in [1.29, 1.82) is 0 Å². The lowest BCUT2D eigenvalue weighted by atomic mass is 9.80. The molecule has 6 nitrogen and oxygen atoms in total. The Kier molecular flexibility index (Phi) is 11.8. The van der Waals surface area contributed by atoms with Gasteiger partial charge in [0.1, 0.15) is 17.3 Å². The first-order valence-corrected chi connectivity index (χ1v) is 21.7. The van der Waals surface area contributed by atoms with Crippen LogP contribution in [0.3, 0.4) is 0 Å². The summed E-state index contributed by atoms with van der Waals surface area (Å²) in [6.07, 6.45) is 12.2. The van der Waals surface area contributed by atoms with E-state index in [-0.39, 0.29) is 28.7 Å². The Morgan fingerprint density at radius 2 is 1.31 bits per heavy atom. The Balaban J connectivity index is 1.40. The average molecular weight is 718 g/mol. The number of methoxy groups -OCH3 is 1. The van der Waals surface area contributed by atoms with Crippen LogP contribution in [0, 0.1) is 0 Å². The van der Waals surface area contributed by atoms with Gasteiger partial charge in [0.2, 0.25) is 25.5 Å². The standard InChI is InChI=1S/C45H56N2O4Si/c1-11-13-31(3)46(37-23-27-39(50-8)28-24-37)35-19-15-33(16-20-35)41-43(48)42(44(41)49)34-17-21-36(22-18-34)47(32(4)14-12-2)38-25-29-40(30-26-38)51-52(9,10)45(5,6)7/h15-32H,11-14H2,1-10H3/p+1. The van der Waals surface area contributed by atoms with Gasteiger partial charge in [-0.05, 0) is 117 Å². The van der Waals surface area contributed by atoms with Gasteiger partial charge in [-0.2, -0.15) is 4.58 Å². The van der Waals surface area contributed by atoms with Crippen LogP contribution in [0.5, 0.6) is 11.5 Å². The van der Waals surface area contributed by atoms with Crippen molar-refractivity contribution in [3.63, 3.8) is 0 Å². The summed E-state index contributed by atoms with van der Waals surface area (Å²) < 4.78 is 14.3. The lowest BCUT2D eigenvalue weighted by Gasteiger charge is -2.36. The van der Waals surface area contributed by atoms with Crippen LogP contribution in [0.15, 0.2) is 114 Å². The second kappa shape index (κ2) is 15.9. The van der Waals surface area contributed by atoms with E-state index in [1.54, 1.807) is 7.11 Å². The zero-order valence-corrected chi connectivity index (χ0v) is 33.8. The first kappa shape index (κ1) is 38.6. The summed E-state index contributed by atoms with van der Waals surface area (Å²) in [5.41, 5.74) is 6.38. The molecule has 0 spiro atoms. The van der Waals surface area contributed by atoms with E-state index in [0.717, 1.165) is 60.0 Å². The van der Waals surface area contributed by atoms with Gasteiger partial charge in [0.15, 0.2) is 6.04 Å². The number of aliphatic hydroxyl groups excluding tert-OH is 1. The molecular weight excluding hydrogens is 661 g/mol. The maximum atomic E-state index is 13.6. The van der Waals surface area contributed by atoms with Crippen molar-refractivity contribution in [2.45, 2.75) is 104 Å². The van der Waals surface area contributed by atoms with E-state index in [9.17, 15) is 9.90 Å². The van der Waals surface area contributed by atoms with E-state index in [1.165, 1.54) is 0 Å². The zero-order chi connectivity index (χ0) is 37.8. The number of nitrogens with zero attached hydrogens (tertiary/aromatic N) is 2. The number of hydrogen-bond donors (Lipinski definition) is 1. The predicted octanol–water partition coefficient (Wildman–Crippen LogP) is 11.7. The number of ketones is 1. The fourth-order valence-corrected chi connectivity index (χ4v) is 7.82. The van der Waals surface area contributed by atoms with Gasteiger partial charge in [0, 0.05) is 48.1 Å². The summed E-state index contributed by atoms with van der Waals surface area (Å²) in [6, 6.07) is 25.0. The smallest absolute Gasteiger partial charge is 0.250 e. The van der Waals surface area contributed by atoms with Crippen molar-refractivity contribution in [1.82, 2.24) is 0 Å². The van der Waals surface area contributed by atoms with Gasteiger partial charge in [-0.3, -0.25) is 4.79 Å². The van der Waals surface area contributed by atoms with Crippen molar-refractivity contribution in [3.8, 4) is 11.5 Å². The number of Topliss-reactive ketones (excluding diaryl/α,β-unsaturated/α-hetero) is 1. The highest BCUT2D eigenvalue weighted by molar-refractivity contribution is 6.74. The third-order valence-electron chi connectivity index (χ3n) is 10.7. The lowest BCUT2D eigenvalue weighted by molar-refractivity contribution is -0.480. The molecule has 0 aliphatic heterocycles. The molecule has 5 rings (SSSR count). The largest absolute Gasteiger partial charge is 0.543 e. The Hall–Kier alpha value is -4.62. The number of rotatable bonds is 13. The minimum atomic E-state index is -1.95. The Morgan fingerprint density at radius 3 is 1.81 bits per heavy atom. The van der Waals surface area contributed by atoms with E-state index in [2.05, 4.69) is 107 Å². The monoisotopic (exact) mass is 717 g/mol. The SMILES string of the molecule is CCCC(C)N(c1ccc(OC)cc1)c1ccc(C2=C(O)C(=C3C=CC(=[N+](c4ccc(O[Si](C)(C)C(C)(C)C)cc4)C(C)CCC)C=C3)C2=O)cc1. The van der Waals surface area contributed by atoms with Crippen LogP contribution in [-0.4, -0.2) is 48.7 Å². The van der Waals surface area contributed by atoms with Gasteiger partial charge in [0.05, 0.1) is 18.3 Å². The molecule has 0 fully saturated rings. The molecule has 0 bridgehead atoms. The van der Waals surface area contributed by atoms with Crippen molar-refractivity contribution >= 4 is 42.4 Å². The van der Waals surface area contributed by atoms with E-state index in [1.807, 2.05) is 60.7 Å². The number of hydrogen-bond acceptors (Lipinski definition) is 5. The molecule has 0 amide bonds. The summed E-state index contributed by atoms with van der Waals surface area (Å²) in [5.74, 6) is 1.63. The van der Waals surface area contributed by atoms with Crippen LogP contribution in [0.25, 0.3) is 5.57 Å². The zero-order valence-electron chi connectivity index (χ0n) is 32.8. The van der Waals surface area contributed by atoms with Crippen LogP contribution in [0.4, 0.5) is 17.1 Å². The van der Waals surface area contributed by atoms with Crippen molar-refractivity contribution in [2.24, 2.45) is 0 Å². The molecule has 7 heteroatoms. The summed E-state index contributed by atoms with van der Waals surface area (Å²) in [7, 11) is -0.274. The van der Waals surface area contributed by atoms with Gasteiger partial charge < -0.3 is 19.2 Å². The number of allylic oxidation sites excluding steroid dienone is 7. The van der Waals surface area contributed by atoms with Crippen molar-refractivity contribution < 1.29 is 23.6 Å². The fraction of sp³-hybridized carbons (Fsp3) is 0.378. The first-order valence-electron chi connectivity index (χ1n) is 18.8. The van der Waals surface area contributed by atoms with Crippen LogP contribution < -0.4 is 14.1 Å². The number of anilines is 2. The Morgan fingerprint density at radius 1 is 0.769 bits per heavy atom. The fourth-order valence-electron chi connectivity index (χ4n) is 6.79. The highest BCUT2D eigenvalue weighted by Gasteiger charge is 2.39. The van der Waals surface area contributed by atoms with E-state index < -0.39 is 8.32 Å². The van der Waals surface area contributed by atoms with Crippen LogP contribution >= 0.6 is 0 Å². The molecule has 0 heterocycles. The highest BCUT2D eigenvalue weighted by atomic mass is 28.4. The second-order valence-corrected chi connectivity index (χ2v) is 20.3. The van der Waals surface area contributed by atoms with Crippen LogP contribution in [0.2, 0.25) is 18.1 Å². The number of aliphatic hydroxyl groups is 1. The number of carbonyl (C=O) groups excluding carboxylic acids is 1. The Bertz CT molecular complexity index is 1890. The van der Waals surface area contributed by atoms with E-state index >= 15 is 0 Å². The molecule has 2 aliphatic rings. The third-order valence-corrected chi connectivity index (χ3v) is 15.1. The first-order chi connectivity index (χ1) is 24.7. The number of carbonyl (C=O) groups is 1. The normalized spacial score (nSPS) is 15.8. The summed E-state index contributed by atoms with van der Waals surface area (Å²) in [4.78, 5) is 15.9. The van der Waals surface area contributed by atoms with Gasteiger partial charge in [0.25, 0.3) is 0 Å². The molecule has 3 aromatic carbocycles. The molecule has 2 aliphatic carbocycles. The molecule has 0 aromatic heterocycles. The number of ether oxygens (including phenoxy) is 1. The molecule has 0 radical (unpaired) electrons. The van der Waals surface area contributed by atoms with Crippen LogP contribution in [0.1, 0.15) is 79.7 Å². The molecule has 274 valence electrons. The summed E-state index contributed by atoms with van der Waals surface area (Å²) >= 11 is 0. The van der Waals surface area contributed by atoms with Crippen molar-refractivity contribution in [2.75, 3.05) is 12.0 Å². The molecule has 2 atom stereocenters. The lowest BCUT2D eigenvalue weighted by Crippen LogP contribution is -2.43. The Labute approximate surface area is 312 Å². The summed E-state index contributed by atoms with van der Waals surface area (Å²) in [6.45, 7) is 20.2. The molecule has 0 saturated heterocycles. The molecular formula is C45H57N2O4Si+. The topological polar surface area (TPSA) is 62.0 Å². The van der Waals surface area contributed by atoms with E-state index in [4.69, 9.17) is 9.16 Å². The summed E-state index contributed by atoms with van der Waals surface area (Å²) in [5, 5.41) is 11.4. The van der Waals surface area contributed by atoms with Crippen LogP contribution in [-0.2, 0) is 4.79 Å². The molecule has 2 unspecified atom stereocenters. The average Bonchev–Trinajstić information content (AvgIpc) is 3.11. The van der Waals surface area contributed by atoms with Gasteiger partial charge in [-0.15, -0.1) is 0 Å². The molecule has 0 saturated carbocycles. The third kappa shape index (κ3) is 8.05. The number of benzene rings is 3. The quantitative estimate of drug-likeness (QED) is 0.108. The maximum absolute atomic E-state index is 13.6. The maximum Gasteiger partial charge on any atom is 0.250 e. The second-order valence-electron chi connectivity index (χ2n) is 15.6. The minimum Gasteiger partial charge on any atom is -0.543 e. The van der Waals surface area contributed by atoms with E-state index in [0.29, 0.717) is 22.3 Å². The van der Waals surface area contributed by atoms with Crippen molar-refractivity contribution in [3.05, 3.63) is 120 Å². The molecule has 3 aromatic rings. The molecule has 52 heavy (non-hydrogen) atoms. The molecule has 1 N–H and O–H groups in total. The van der Waals surface area contributed by atoms with Gasteiger partial charge in [-0.1, -0.05) is 53.2 Å². The highest BCUT2D eigenvalue weighted by Crippen LogP contribution is 2.41. The minimum absolute atomic E-state index is 0.0467. The van der Waals surface area contributed by atoms with Gasteiger partial charge in [-0.25, -0.2) is 0 Å². The predicted molar refractivity (Wildman–Crippen MR) is 219 cm³/mol. The van der Waals surface area contributed by atoms with Gasteiger partial charge >= 0.3 is 0 Å².